The number of hydrogen-bond donors (Lipinski definition) is 1. The topological polar surface area (TPSA) is 71.9 Å². The number of aromatic nitrogens is 1. The van der Waals surface area contributed by atoms with Crippen molar-refractivity contribution in [1.82, 2.24) is 9.88 Å². The van der Waals surface area contributed by atoms with Gasteiger partial charge in [0.15, 0.2) is 0 Å². The average molecular weight is 417 g/mol. The number of methoxy groups -OCH3 is 1. The van der Waals surface area contributed by atoms with Crippen molar-refractivity contribution in [2.24, 2.45) is 5.92 Å². The summed E-state index contributed by atoms with van der Waals surface area (Å²) < 4.78 is 11.5. The van der Waals surface area contributed by atoms with E-state index in [9.17, 15) is 9.90 Å². The van der Waals surface area contributed by atoms with Crippen molar-refractivity contribution in [1.29, 1.82) is 0 Å². The lowest BCUT2D eigenvalue weighted by Crippen LogP contribution is -2.51. The van der Waals surface area contributed by atoms with Crippen LogP contribution >= 0.6 is 11.3 Å². The molecular weight excluding hydrogens is 388 g/mol. The van der Waals surface area contributed by atoms with E-state index in [0.717, 1.165) is 35.6 Å². The Kier molecular flexibility index (Phi) is 5.64. The molecule has 0 saturated carbocycles. The van der Waals surface area contributed by atoms with E-state index in [1.165, 1.54) is 10.4 Å². The number of carbonyl (C=O) groups excluding carboxylic acids is 1. The van der Waals surface area contributed by atoms with Gasteiger partial charge in [0.2, 0.25) is 0 Å². The highest BCUT2D eigenvalue weighted by Gasteiger charge is 2.43. The average Bonchev–Trinajstić information content (AvgIpc) is 3.19. The molecule has 0 radical (unpaired) electrons. The molecule has 2 aliphatic rings. The summed E-state index contributed by atoms with van der Waals surface area (Å²) >= 11 is 1.78. The van der Waals surface area contributed by atoms with E-state index in [4.69, 9.17) is 9.47 Å². The molecule has 2 aliphatic heterocycles. The summed E-state index contributed by atoms with van der Waals surface area (Å²) in [5, 5.41) is 10.1. The summed E-state index contributed by atoms with van der Waals surface area (Å²) in [5.74, 6) is 0.502. The zero-order chi connectivity index (χ0) is 20.6. The summed E-state index contributed by atoms with van der Waals surface area (Å²) in [6.45, 7) is 5.64. The van der Waals surface area contributed by atoms with Crippen LogP contribution in [0.15, 0.2) is 24.4 Å². The number of thiophene rings is 1. The molecule has 1 spiro atoms. The van der Waals surface area contributed by atoms with Crippen LogP contribution in [0, 0.1) is 5.92 Å². The molecule has 6 nitrogen and oxygen atoms in total. The van der Waals surface area contributed by atoms with E-state index in [1.807, 2.05) is 26.0 Å². The maximum Gasteiger partial charge on any atom is 0.251 e. The molecule has 2 aromatic rings. The first-order chi connectivity index (χ1) is 13.9. The van der Waals surface area contributed by atoms with Crippen molar-refractivity contribution in [3.8, 4) is 16.3 Å². The minimum absolute atomic E-state index is 0.0765. The molecule has 4 rings (SSSR count). The number of rotatable bonds is 4. The number of amides is 1. The normalized spacial score (nSPS) is 19.3. The monoisotopic (exact) mass is 416 g/mol. The fourth-order valence-electron chi connectivity index (χ4n) is 4.16. The lowest BCUT2D eigenvalue weighted by Gasteiger charge is -2.44. The van der Waals surface area contributed by atoms with Gasteiger partial charge in [0, 0.05) is 24.4 Å². The van der Waals surface area contributed by atoms with E-state index < -0.39 is 6.10 Å². The Labute approximate surface area is 175 Å². The molecule has 2 aromatic heterocycles. The van der Waals surface area contributed by atoms with Gasteiger partial charge in [0.25, 0.3) is 5.91 Å². The van der Waals surface area contributed by atoms with Crippen LogP contribution in [-0.2, 0) is 21.6 Å². The molecule has 0 bridgehead atoms. The van der Waals surface area contributed by atoms with E-state index in [0.29, 0.717) is 19.7 Å². The molecule has 1 atom stereocenters. The van der Waals surface area contributed by atoms with Crippen LogP contribution in [0.3, 0.4) is 0 Å². The molecule has 0 aromatic carbocycles. The van der Waals surface area contributed by atoms with Gasteiger partial charge in [0.1, 0.15) is 11.9 Å². The molecule has 7 heteroatoms. The zero-order valence-corrected chi connectivity index (χ0v) is 18.0. The van der Waals surface area contributed by atoms with Crippen molar-refractivity contribution in [2.75, 3.05) is 26.8 Å². The molecule has 156 valence electrons. The van der Waals surface area contributed by atoms with Crippen LogP contribution in [0.25, 0.3) is 10.6 Å². The fourth-order valence-corrected chi connectivity index (χ4v) is 5.37. The van der Waals surface area contributed by atoms with Crippen LogP contribution in [-0.4, -0.2) is 53.8 Å². The number of fused-ring (bicyclic) bond motifs is 2. The van der Waals surface area contributed by atoms with Gasteiger partial charge in [0.05, 0.1) is 36.1 Å². The van der Waals surface area contributed by atoms with Crippen molar-refractivity contribution < 1.29 is 19.4 Å². The van der Waals surface area contributed by atoms with Gasteiger partial charge in [-0.2, -0.15) is 0 Å². The second-order valence-electron chi connectivity index (χ2n) is 8.14. The van der Waals surface area contributed by atoms with Gasteiger partial charge in [-0.1, -0.05) is 13.8 Å². The largest absolute Gasteiger partial charge is 0.495 e. The predicted molar refractivity (Wildman–Crippen MR) is 112 cm³/mol. The van der Waals surface area contributed by atoms with Crippen molar-refractivity contribution in [3.63, 3.8) is 0 Å². The highest BCUT2D eigenvalue weighted by molar-refractivity contribution is 7.15. The van der Waals surface area contributed by atoms with Crippen LogP contribution in [0.4, 0.5) is 0 Å². The number of piperidine rings is 1. The summed E-state index contributed by atoms with van der Waals surface area (Å²) in [7, 11) is 1.64. The van der Waals surface area contributed by atoms with E-state index >= 15 is 0 Å². The summed E-state index contributed by atoms with van der Waals surface area (Å²) in [6.07, 6.45) is 3.23. The van der Waals surface area contributed by atoms with Gasteiger partial charge in [-0.3, -0.25) is 9.78 Å². The molecule has 1 saturated heterocycles. The minimum atomic E-state index is -0.930. The fraction of sp³-hybridized carbons (Fsp3) is 0.545. The second-order valence-corrected chi connectivity index (χ2v) is 9.27. The standard InChI is InChI=1S/C22H28N2O4S/c1-14(2)20(25)21(26)24-9-7-22(8-10-24)16-12-19(29-18(16)6-11-28-22)17-5-4-15(27-3)13-23-17/h4-5,12-14,20,25H,6-11H2,1-3H3. The maximum atomic E-state index is 12.5. The number of likely N-dealkylation sites (tertiary alicyclic amines) is 1. The highest BCUT2D eigenvalue weighted by Crippen LogP contribution is 2.46. The van der Waals surface area contributed by atoms with Crippen LogP contribution < -0.4 is 4.74 Å². The van der Waals surface area contributed by atoms with Gasteiger partial charge in [-0.05, 0) is 42.5 Å². The van der Waals surface area contributed by atoms with Gasteiger partial charge in [-0.15, -0.1) is 11.3 Å². The molecule has 0 aliphatic carbocycles. The van der Waals surface area contributed by atoms with Gasteiger partial charge in [-0.25, -0.2) is 0 Å². The number of aliphatic hydroxyl groups is 1. The Morgan fingerprint density at radius 3 is 2.72 bits per heavy atom. The van der Waals surface area contributed by atoms with Crippen molar-refractivity contribution in [2.45, 2.75) is 44.8 Å². The van der Waals surface area contributed by atoms with Crippen molar-refractivity contribution in [3.05, 3.63) is 34.8 Å². The number of aliphatic hydroxyl groups excluding tert-OH is 1. The summed E-state index contributed by atoms with van der Waals surface area (Å²) in [5.41, 5.74) is 1.85. The lowest BCUT2D eigenvalue weighted by atomic mass is 9.82. The zero-order valence-electron chi connectivity index (χ0n) is 17.2. The molecule has 29 heavy (non-hydrogen) atoms. The number of nitrogens with zero attached hydrogens (tertiary/aromatic N) is 2. The molecule has 1 amide bonds. The highest BCUT2D eigenvalue weighted by atomic mass is 32.1. The summed E-state index contributed by atoms with van der Waals surface area (Å²) in [4.78, 5) is 21.3. The third-order valence-corrected chi connectivity index (χ3v) is 7.22. The Morgan fingerprint density at radius 2 is 2.10 bits per heavy atom. The Hall–Kier alpha value is -1.96. The maximum absolute atomic E-state index is 12.5. The summed E-state index contributed by atoms with van der Waals surface area (Å²) in [6, 6.07) is 6.13. The minimum Gasteiger partial charge on any atom is -0.495 e. The Morgan fingerprint density at radius 1 is 1.34 bits per heavy atom. The van der Waals surface area contributed by atoms with Crippen LogP contribution in [0.5, 0.6) is 5.75 Å². The molecular formula is C22H28N2O4S. The number of hydrogen-bond acceptors (Lipinski definition) is 6. The van der Waals surface area contributed by atoms with Gasteiger partial charge < -0.3 is 19.5 Å². The molecule has 4 heterocycles. The molecule has 1 fully saturated rings. The molecule has 1 unspecified atom stereocenters. The first-order valence-corrected chi connectivity index (χ1v) is 11.0. The third kappa shape index (κ3) is 3.79. The first kappa shape index (κ1) is 20.3. The predicted octanol–water partition coefficient (Wildman–Crippen LogP) is 3.23. The van der Waals surface area contributed by atoms with Crippen LogP contribution in [0.1, 0.15) is 37.1 Å². The van der Waals surface area contributed by atoms with Gasteiger partial charge >= 0.3 is 0 Å². The lowest BCUT2D eigenvalue weighted by molar-refractivity contribution is -0.150. The second kappa shape index (κ2) is 8.05. The van der Waals surface area contributed by atoms with Crippen molar-refractivity contribution >= 4 is 17.2 Å². The molecule has 1 N–H and O–H groups in total. The van der Waals surface area contributed by atoms with E-state index in [1.54, 1.807) is 29.5 Å². The smallest absolute Gasteiger partial charge is 0.251 e. The Bertz CT molecular complexity index is 869. The quantitative estimate of drug-likeness (QED) is 0.829. The third-order valence-electron chi connectivity index (χ3n) is 6.00. The van der Waals surface area contributed by atoms with Crippen LogP contribution in [0.2, 0.25) is 0 Å². The number of pyridine rings is 1. The SMILES string of the molecule is COc1ccc(-c2cc3c(s2)CCOC32CCN(C(=O)C(O)C(C)C)CC2)nc1. The number of carbonyl (C=O) groups is 1. The number of ether oxygens (including phenoxy) is 2. The van der Waals surface area contributed by atoms with E-state index in [-0.39, 0.29) is 17.4 Å². The Balaban J connectivity index is 1.54. The first-order valence-electron chi connectivity index (χ1n) is 10.2. The van der Waals surface area contributed by atoms with E-state index in [2.05, 4.69) is 11.1 Å².